The Morgan fingerprint density at radius 1 is 0.806 bits per heavy atom. The third-order valence-corrected chi connectivity index (χ3v) is 16.0. The molecule has 0 aromatic heterocycles. The molecule has 6 saturated heterocycles. The first-order valence-electron chi connectivity index (χ1n) is 19.9. The van der Waals surface area contributed by atoms with E-state index in [0.29, 0.717) is 26.1 Å². The van der Waals surface area contributed by atoms with E-state index in [2.05, 4.69) is 37.2 Å². The van der Waals surface area contributed by atoms with Crippen LogP contribution in [0.15, 0.2) is 0 Å². The van der Waals surface area contributed by atoms with Crippen molar-refractivity contribution in [3.63, 3.8) is 0 Å². The summed E-state index contributed by atoms with van der Waals surface area (Å²) in [5, 5.41) is 31.3. The molecule has 6 aliphatic heterocycles. The lowest BCUT2D eigenvalue weighted by atomic mass is 10.0. The molecule has 6 heterocycles. The first-order valence-corrected chi connectivity index (χ1v) is 27.7. The lowest BCUT2D eigenvalue weighted by Gasteiger charge is -2.39. The third kappa shape index (κ3) is 14.2. The van der Waals surface area contributed by atoms with Crippen LogP contribution in [0.4, 0.5) is 0 Å². The maximum Gasteiger partial charge on any atom is 0.324 e. The Hall–Kier alpha value is 0.420. The second-order valence-corrected chi connectivity index (χ2v) is 24.3. The predicted molar refractivity (Wildman–Crippen MR) is 230 cm³/mol. The van der Waals surface area contributed by atoms with Crippen LogP contribution in [-0.4, -0.2) is 169 Å². The van der Waals surface area contributed by atoms with Gasteiger partial charge < -0.3 is 89.4 Å². The van der Waals surface area contributed by atoms with E-state index in [1.807, 2.05) is 6.92 Å². The monoisotopic (exact) mass is 1010 g/mol. The van der Waals surface area contributed by atoms with E-state index < -0.39 is 125 Å². The van der Waals surface area contributed by atoms with Crippen LogP contribution in [0.2, 0.25) is 0 Å². The molecule has 21 N–H and O–H groups in total. The smallest absolute Gasteiger partial charge is 0.324 e. The molecule has 11 unspecified atom stereocenters. The summed E-state index contributed by atoms with van der Waals surface area (Å²) >= 11 is 15.9. The second kappa shape index (κ2) is 22.2. The van der Waals surface area contributed by atoms with E-state index in [0.717, 1.165) is 0 Å². The molecular formula is C29H62N13O14P3S3. The van der Waals surface area contributed by atoms with Gasteiger partial charge in [0.2, 0.25) is 5.91 Å². The fourth-order valence-electron chi connectivity index (χ4n) is 7.71. The van der Waals surface area contributed by atoms with Crippen molar-refractivity contribution in [3.8, 4) is 0 Å². The van der Waals surface area contributed by atoms with Gasteiger partial charge in [-0.15, -0.1) is 0 Å². The number of rotatable bonds is 19. The number of carbonyl (C=O) groups excluding carboxylic acids is 1. The molecule has 6 rings (SSSR count). The molecule has 0 aromatic rings. The zero-order chi connectivity index (χ0) is 45.1. The topological polar surface area (TPSA) is 399 Å². The van der Waals surface area contributed by atoms with E-state index in [1.54, 1.807) is 4.90 Å². The fraction of sp³-hybridized carbons (Fsp3) is 0.966. The van der Waals surface area contributed by atoms with Crippen LogP contribution in [0.25, 0.3) is 0 Å². The number of amides is 1. The molecule has 27 nitrogen and oxygen atoms in total. The number of aliphatic hydroxyl groups excluding tert-OH is 1. The standard InChI is InChI=1S/C29H62N13O14P3S3/c1-12-5-21(42-4-3-18(30)37-29(42)44)54-15(12)8-50-58(46,61)55-14-7-20(39-26-23(32)27(43)41-28(34)40-26)53-17(14)10-51-59(47,62)56-13-6-19(38-25-22(31)24(33)35-11-36-25)52-16(13)9-49-57(45,60)48-2/h12-26,28-29,35-40,44H,3-11,30-34H2,1-2H3,(H,41,43)(H,45,60)(H,46,61)(H,47,62)/t12-,13-,14-,15-,16-,17-,18?,19-,20-,21-,22?,23?,24?,25?,26?,28?,29?,57?,58?,59?/m1/s1. The van der Waals surface area contributed by atoms with Gasteiger partial charge in [-0.05, 0) is 54.2 Å². The Balaban J connectivity index is 1.09. The molecule has 0 aromatic carbocycles. The minimum absolute atomic E-state index is 0.0278. The lowest BCUT2D eigenvalue weighted by molar-refractivity contribution is -0.158. The van der Waals surface area contributed by atoms with Crippen molar-refractivity contribution in [2.75, 3.05) is 40.1 Å². The average molecular weight is 1010 g/mol. The minimum Gasteiger partial charge on any atom is -0.365 e. The summed E-state index contributed by atoms with van der Waals surface area (Å²) in [6, 6.07) is -1.60. The molecule has 33 heteroatoms. The van der Waals surface area contributed by atoms with Crippen molar-refractivity contribution in [2.45, 2.75) is 131 Å². The van der Waals surface area contributed by atoms with Crippen molar-refractivity contribution < 1.29 is 65.9 Å². The van der Waals surface area contributed by atoms with Crippen LogP contribution in [0.5, 0.6) is 0 Å². The number of hydrogen-bond acceptors (Lipinski definition) is 26. The molecular weight excluding hydrogens is 944 g/mol. The summed E-state index contributed by atoms with van der Waals surface area (Å²) in [6.07, 6.45) is -9.16. The van der Waals surface area contributed by atoms with E-state index in [4.69, 9.17) is 105 Å². The highest BCUT2D eigenvalue weighted by Crippen LogP contribution is 2.51. The van der Waals surface area contributed by atoms with Gasteiger partial charge >= 0.3 is 20.2 Å². The zero-order valence-electron chi connectivity index (χ0n) is 34.0. The number of nitrogens with two attached hydrogens (primary N) is 5. The first kappa shape index (κ1) is 51.8. The highest BCUT2D eigenvalue weighted by molar-refractivity contribution is 8.07. The molecule has 20 atom stereocenters. The number of nitrogens with one attached hydrogen (secondary N) is 7. The number of carbonyl (C=O) groups is 1. The maximum atomic E-state index is 12.4. The Morgan fingerprint density at radius 2 is 1.37 bits per heavy atom. The SMILES string of the molecule is COP(O)(=S)OC[C@H]1O[C@@H](NC2NCNC(N)C2N)C[C@H]1OP(O)(=S)OC[C@H]1O[C@@H](NC2NC(N)NC(=O)C2N)C[C@H]1OP(O)(=S)OC[C@H]1O[C@@H](N2CCC(N)NC2O)C[C@H]1C. The molecule has 0 bridgehead atoms. The summed E-state index contributed by atoms with van der Waals surface area (Å²) in [7, 11) is 1.20. The molecule has 0 spiro atoms. The van der Waals surface area contributed by atoms with E-state index in [-0.39, 0.29) is 38.1 Å². The lowest BCUT2D eigenvalue weighted by Crippen LogP contribution is -2.74. The van der Waals surface area contributed by atoms with Crippen molar-refractivity contribution in [1.29, 1.82) is 0 Å². The number of ether oxygens (including phenoxy) is 3. The van der Waals surface area contributed by atoms with Crippen LogP contribution in [0, 0.1) is 5.92 Å². The van der Waals surface area contributed by atoms with Crippen LogP contribution in [0.1, 0.15) is 32.6 Å². The van der Waals surface area contributed by atoms with Crippen molar-refractivity contribution in [1.82, 2.24) is 42.1 Å². The summed E-state index contributed by atoms with van der Waals surface area (Å²) in [4.78, 5) is 47.2. The Labute approximate surface area is 374 Å². The van der Waals surface area contributed by atoms with Crippen LogP contribution >= 0.6 is 20.2 Å². The third-order valence-electron chi connectivity index (χ3n) is 11.2. The minimum atomic E-state index is -4.14. The van der Waals surface area contributed by atoms with Crippen LogP contribution in [0.3, 0.4) is 0 Å². The van der Waals surface area contributed by atoms with Gasteiger partial charge in [0.1, 0.15) is 43.2 Å². The van der Waals surface area contributed by atoms with Crippen LogP contribution < -0.4 is 65.9 Å². The van der Waals surface area contributed by atoms with Gasteiger partial charge in [-0.2, -0.15) is 0 Å². The van der Waals surface area contributed by atoms with Gasteiger partial charge in [0.05, 0.1) is 68.8 Å². The molecule has 6 fully saturated rings. The number of aliphatic hydroxyl groups is 1. The molecule has 6 aliphatic rings. The molecule has 0 radical (unpaired) electrons. The summed E-state index contributed by atoms with van der Waals surface area (Å²) in [5.41, 5.74) is 30.3. The maximum absolute atomic E-state index is 12.4. The van der Waals surface area contributed by atoms with Crippen molar-refractivity contribution >= 4 is 61.5 Å². The predicted octanol–water partition coefficient (Wildman–Crippen LogP) is -6.18. The van der Waals surface area contributed by atoms with E-state index in [1.165, 1.54) is 7.11 Å². The first-order chi connectivity index (χ1) is 29.1. The Kier molecular flexibility index (Phi) is 18.6. The van der Waals surface area contributed by atoms with Crippen molar-refractivity contribution in [2.24, 2.45) is 34.6 Å². The summed E-state index contributed by atoms with van der Waals surface area (Å²) in [5.74, 6) is -0.537. The zero-order valence-corrected chi connectivity index (χ0v) is 39.1. The summed E-state index contributed by atoms with van der Waals surface area (Å²) < 4.78 is 52.5. The summed E-state index contributed by atoms with van der Waals surface area (Å²) in [6.45, 7) is -9.77. The highest BCUT2D eigenvalue weighted by Gasteiger charge is 2.46. The van der Waals surface area contributed by atoms with Crippen molar-refractivity contribution in [3.05, 3.63) is 0 Å². The van der Waals surface area contributed by atoms with E-state index in [9.17, 15) is 24.6 Å². The van der Waals surface area contributed by atoms with Gasteiger partial charge in [0.15, 0.2) is 6.35 Å². The molecule has 360 valence electrons. The molecule has 62 heavy (non-hydrogen) atoms. The molecule has 0 aliphatic carbocycles. The largest absolute Gasteiger partial charge is 0.365 e. The van der Waals surface area contributed by atoms with Gasteiger partial charge in [-0.25, -0.2) is 4.90 Å². The molecule has 1 amide bonds. The normalized spacial score (nSPS) is 43.8. The second-order valence-electron chi connectivity index (χ2n) is 15.7. The quantitative estimate of drug-likeness (QED) is 0.0535. The van der Waals surface area contributed by atoms with Gasteiger partial charge in [-0.3, -0.25) is 42.4 Å². The van der Waals surface area contributed by atoms with Gasteiger partial charge in [0, 0.05) is 33.2 Å². The fourth-order valence-corrected chi connectivity index (χ4v) is 11.3. The van der Waals surface area contributed by atoms with Gasteiger partial charge in [0.25, 0.3) is 0 Å². The average Bonchev–Trinajstić information content (AvgIpc) is 3.87. The highest BCUT2D eigenvalue weighted by atomic mass is 32.5. The number of nitrogens with zero attached hydrogens (tertiary/aromatic N) is 1. The molecule has 0 saturated carbocycles. The number of hydrogen-bond donors (Lipinski definition) is 16. The Morgan fingerprint density at radius 3 is 1.95 bits per heavy atom. The van der Waals surface area contributed by atoms with Crippen LogP contribution in [-0.2, 0) is 81.6 Å². The van der Waals surface area contributed by atoms with Gasteiger partial charge in [-0.1, -0.05) is 6.92 Å². The Bertz CT molecular complexity index is 1670. The van der Waals surface area contributed by atoms with E-state index >= 15 is 0 Å².